The zero-order valence-electron chi connectivity index (χ0n) is 13.7. The summed E-state index contributed by atoms with van der Waals surface area (Å²) in [5.74, 6) is 0.591. The molecule has 5 nitrogen and oxygen atoms in total. The van der Waals surface area contributed by atoms with Gasteiger partial charge in [0.25, 0.3) is 0 Å². The smallest absolute Gasteiger partial charge is 0.204 e. The van der Waals surface area contributed by atoms with Gasteiger partial charge in [0.1, 0.15) is 5.69 Å². The average molecular weight is 281 g/mol. The van der Waals surface area contributed by atoms with Crippen LogP contribution in [0.2, 0.25) is 0 Å². The Kier molecular flexibility index (Phi) is 5.34. The highest BCUT2D eigenvalue weighted by molar-refractivity contribution is 6.03. The molecule has 1 aromatic heterocycles. The summed E-state index contributed by atoms with van der Waals surface area (Å²) < 4.78 is 7.06. The molecule has 0 radical (unpaired) electrons. The molecule has 0 amide bonds. The summed E-state index contributed by atoms with van der Waals surface area (Å²) in [5.41, 5.74) is -0.0249. The van der Waals surface area contributed by atoms with Crippen LogP contribution in [-0.2, 0) is 0 Å². The van der Waals surface area contributed by atoms with Crippen molar-refractivity contribution in [2.75, 3.05) is 20.2 Å². The van der Waals surface area contributed by atoms with Crippen molar-refractivity contribution in [1.82, 2.24) is 14.7 Å². The second-order valence-corrected chi connectivity index (χ2v) is 5.66. The lowest BCUT2D eigenvalue weighted by atomic mass is 9.93. The summed E-state index contributed by atoms with van der Waals surface area (Å²) in [6.07, 6.45) is 1.62. The third-order valence-electron chi connectivity index (χ3n) is 3.80. The molecule has 0 saturated carbocycles. The van der Waals surface area contributed by atoms with E-state index in [9.17, 15) is 4.79 Å². The number of nitrogens with zero attached hydrogens (tertiary/aromatic N) is 3. The molecule has 0 bridgehead atoms. The molecule has 0 atom stereocenters. The van der Waals surface area contributed by atoms with E-state index in [1.165, 1.54) is 0 Å². The third kappa shape index (κ3) is 2.87. The molecule has 0 aliphatic rings. The predicted molar refractivity (Wildman–Crippen MR) is 80.5 cm³/mol. The summed E-state index contributed by atoms with van der Waals surface area (Å²) in [4.78, 5) is 15.2. The molecular weight excluding hydrogens is 254 g/mol. The molecule has 1 aromatic rings. The van der Waals surface area contributed by atoms with Gasteiger partial charge in [0, 0.05) is 6.04 Å². The van der Waals surface area contributed by atoms with Gasteiger partial charge < -0.3 is 4.74 Å². The minimum Gasteiger partial charge on any atom is -0.493 e. The van der Waals surface area contributed by atoms with E-state index in [0.717, 1.165) is 13.1 Å². The van der Waals surface area contributed by atoms with E-state index in [0.29, 0.717) is 11.4 Å². The Bertz CT molecular complexity index is 460. The van der Waals surface area contributed by atoms with Crippen molar-refractivity contribution in [3.63, 3.8) is 0 Å². The lowest BCUT2D eigenvalue weighted by Crippen LogP contribution is -2.50. The minimum atomic E-state index is -0.580. The predicted octanol–water partition coefficient (Wildman–Crippen LogP) is 2.78. The summed E-state index contributed by atoms with van der Waals surface area (Å²) in [5, 5.41) is 4.28. The van der Waals surface area contributed by atoms with Crippen molar-refractivity contribution in [2.45, 2.75) is 53.1 Å². The van der Waals surface area contributed by atoms with Crippen molar-refractivity contribution in [3.8, 4) is 5.75 Å². The Morgan fingerprint density at radius 2 is 1.95 bits per heavy atom. The van der Waals surface area contributed by atoms with Crippen molar-refractivity contribution >= 4 is 5.78 Å². The maximum absolute atomic E-state index is 13.0. The Hall–Kier alpha value is -1.36. The van der Waals surface area contributed by atoms with E-state index in [1.54, 1.807) is 18.0 Å². The number of methoxy groups -OCH3 is 1. The van der Waals surface area contributed by atoms with E-state index < -0.39 is 5.54 Å². The Morgan fingerprint density at radius 3 is 2.35 bits per heavy atom. The molecule has 0 aromatic carbocycles. The zero-order chi connectivity index (χ0) is 15.5. The topological polar surface area (TPSA) is 47.4 Å². The average Bonchev–Trinajstić information content (AvgIpc) is 2.82. The highest BCUT2D eigenvalue weighted by Crippen LogP contribution is 2.28. The number of carbonyl (C=O) groups is 1. The van der Waals surface area contributed by atoms with Crippen molar-refractivity contribution in [3.05, 3.63) is 11.9 Å². The molecular formula is C15H27N3O2. The fraction of sp³-hybridized carbons (Fsp3) is 0.733. The maximum atomic E-state index is 13.0. The molecule has 114 valence electrons. The summed E-state index contributed by atoms with van der Waals surface area (Å²) >= 11 is 0. The van der Waals surface area contributed by atoms with Crippen LogP contribution in [0, 0.1) is 0 Å². The Labute approximate surface area is 121 Å². The lowest BCUT2D eigenvalue weighted by Gasteiger charge is -2.36. The number of aromatic nitrogens is 2. The van der Waals surface area contributed by atoms with Crippen molar-refractivity contribution in [2.24, 2.45) is 0 Å². The standard InChI is InChI=1S/C15H27N3O2/c1-8-17(9-2)15(5,6)14(19)13-12(20-7)10-16-18(13)11(3)4/h10-11H,8-9H2,1-7H3. The molecule has 0 N–H and O–H groups in total. The van der Waals surface area contributed by atoms with Gasteiger partial charge in [0.15, 0.2) is 5.75 Å². The van der Waals surface area contributed by atoms with Gasteiger partial charge in [-0.05, 0) is 40.8 Å². The number of rotatable bonds is 7. The van der Waals surface area contributed by atoms with Gasteiger partial charge in [-0.3, -0.25) is 14.4 Å². The number of ketones is 1. The zero-order valence-corrected chi connectivity index (χ0v) is 13.7. The number of hydrogen-bond acceptors (Lipinski definition) is 4. The molecule has 0 aliphatic carbocycles. The van der Waals surface area contributed by atoms with Gasteiger partial charge in [0.2, 0.25) is 5.78 Å². The van der Waals surface area contributed by atoms with Gasteiger partial charge in [0.05, 0.1) is 18.8 Å². The van der Waals surface area contributed by atoms with Crippen molar-refractivity contribution in [1.29, 1.82) is 0 Å². The maximum Gasteiger partial charge on any atom is 0.204 e. The van der Waals surface area contributed by atoms with Gasteiger partial charge in [-0.1, -0.05) is 13.8 Å². The normalized spacial score (nSPS) is 12.2. The highest BCUT2D eigenvalue weighted by atomic mass is 16.5. The van der Waals surface area contributed by atoms with Crippen LogP contribution in [0.15, 0.2) is 6.20 Å². The van der Waals surface area contributed by atoms with Crippen molar-refractivity contribution < 1.29 is 9.53 Å². The van der Waals surface area contributed by atoms with Gasteiger partial charge >= 0.3 is 0 Å². The SMILES string of the molecule is CCN(CC)C(C)(C)C(=O)c1c(OC)cnn1C(C)C. The van der Waals surface area contributed by atoms with Crippen LogP contribution >= 0.6 is 0 Å². The third-order valence-corrected chi connectivity index (χ3v) is 3.80. The Morgan fingerprint density at radius 1 is 1.40 bits per heavy atom. The number of likely N-dealkylation sites (N-methyl/N-ethyl adjacent to an activating group) is 1. The Balaban J connectivity index is 3.29. The number of hydrogen-bond donors (Lipinski definition) is 0. The molecule has 1 rings (SSSR count). The summed E-state index contributed by atoms with van der Waals surface area (Å²) in [6, 6.07) is 0.116. The minimum absolute atomic E-state index is 0.0456. The summed E-state index contributed by atoms with van der Waals surface area (Å²) in [7, 11) is 1.57. The molecule has 0 fully saturated rings. The first-order valence-corrected chi connectivity index (χ1v) is 7.22. The van der Waals surface area contributed by atoms with Crippen LogP contribution in [0.4, 0.5) is 0 Å². The van der Waals surface area contributed by atoms with E-state index in [2.05, 4.69) is 23.8 Å². The molecule has 1 heterocycles. The first-order chi connectivity index (χ1) is 9.31. The highest BCUT2D eigenvalue weighted by Gasteiger charge is 2.37. The first-order valence-electron chi connectivity index (χ1n) is 7.22. The molecule has 0 unspecified atom stereocenters. The number of carbonyl (C=O) groups excluding carboxylic acids is 1. The molecule has 0 saturated heterocycles. The van der Waals surface area contributed by atoms with Crippen LogP contribution in [0.25, 0.3) is 0 Å². The van der Waals surface area contributed by atoms with E-state index in [-0.39, 0.29) is 11.8 Å². The van der Waals surface area contributed by atoms with Gasteiger partial charge in [-0.15, -0.1) is 0 Å². The van der Waals surface area contributed by atoms with E-state index in [4.69, 9.17) is 4.74 Å². The van der Waals surface area contributed by atoms with Crippen LogP contribution in [0.3, 0.4) is 0 Å². The quantitative estimate of drug-likeness (QED) is 0.721. The second-order valence-electron chi connectivity index (χ2n) is 5.66. The monoisotopic (exact) mass is 281 g/mol. The fourth-order valence-corrected chi connectivity index (χ4v) is 2.55. The number of ether oxygens (including phenoxy) is 1. The summed E-state index contributed by atoms with van der Waals surface area (Å²) in [6.45, 7) is 13.7. The van der Waals surface area contributed by atoms with Crippen LogP contribution in [0.1, 0.15) is 58.1 Å². The van der Waals surface area contributed by atoms with Gasteiger partial charge in [-0.2, -0.15) is 5.10 Å². The largest absolute Gasteiger partial charge is 0.493 e. The van der Waals surface area contributed by atoms with Crippen LogP contribution < -0.4 is 4.74 Å². The fourth-order valence-electron chi connectivity index (χ4n) is 2.55. The number of Topliss-reactive ketones (excluding diaryl/α,β-unsaturated/α-hetero) is 1. The second kappa shape index (κ2) is 6.39. The van der Waals surface area contributed by atoms with Gasteiger partial charge in [-0.25, -0.2) is 0 Å². The lowest BCUT2D eigenvalue weighted by molar-refractivity contribution is 0.0652. The molecule has 0 aliphatic heterocycles. The molecule has 5 heteroatoms. The first kappa shape index (κ1) is 16.7. The van der Waals surface area contributed by atoms with Crippen LogP contribution in [-0.4, -0.2) is 46.2 Å². The van der Waals surface area contributed by atoms with E-state index >= 15 is 0 Å². The molecule has 0 spiro atoms. The molecule has 20 heavy (non-hydrogen) atoms. The van der Waals surface area contributed by atoms with Crippen LogP contribution in [0.5, 0.6) is 5.75 Å². The van der Waals surface area contributed by atoms with E-state index in [1.807, 2.05) is 27.7 Å².